The average Bonchev–Trinajstić information content (AvgIpc) is 3.31. The SMILES string of the molecule is CCNC(=NCc1ccc(N2CCCC2)nc1)N(C)Cc1cccn1C.I. The van der Waals surface area contributed by atoms with Crippen LogP contribution in [0.25, 0.3) is 0 Å². The number of hydrogen-bond donors (Lipinski definition) is 1. The van der Waals surface area contributed by atoms with Crippen LogP contribution in [-0.4, -0.2) is 47.1 Å². The highest BCUT2D eigenvalue weighted by molar-refractivity contribution is 14.0. The first kappa shape index (κ1) is 21.5. The van der Waals surface area contributed by atoms with E-state index in [2.05, 4.69) is 76.1 Å². The van der Waals surface area contributed by atoms with E-state index in [4.69, 9.17) is 4.99 Å². The fraction of sp³-hybridized carbons (Fsp3) is 0.500. The van der Waals surface area contributed by atoms with Crippen molar-refractivity contribution in [1.29, 1.82) is 0 Å². The summed E-state index contributed by atoms with van der Waals surface area (Å²) >= 11 is 0. The number of halogens is 1. The molecule has 2 aromatic heterocycles. The molecule has 1 aliphatic rings. The Balaban J connectivity index is 0.00000261. The number of anilines is 1. The van der Waals surface area contributed by atoms with Gasteiger partial charge in [-0.15, -0.1) is 24.0 Å². The third kappa shape index (κ3) is 5.85. The third-order valence-electron chi connectivity index (χ3n) is 4.80. The van der Waals surface area contributed by atoms with Crippen molar-refractivity contribution in [1.82, 2.24) is 19.8 Å². The van der Waals surface area contributed by atoms with E-state index < -0.39 is 0 Å². The number of pyridine rings is 1. The highest BCUT2D eigenvalue weighted by Crippen LogP contribution is 2.17. The summed E-state index contributed by atoms with van der Waals surface area (Å²) in [5.74, 6) is 2.00. The van der Waals surface area contributed by atoms with E-state index in [1.165, 1.54) is 18.5 Å². The minimum Gasteiger partial charge on any atom is -0.357 e. The number of guanidine groups is 1. The van der Waals surface area contributed by atoms with Crippen molar-refractivity contribution in [2.45, 2.75) is 32.9 Å². The van der Waals surface area contributed by atoms with Crippen molar-refractivity contribution < 1.29 is 0 Å². The van der Waals surface area contributed by atoms with Gasteiger partial charge in [-0.3, -0.25) is 0 Å². The third-order valence-corrected chi connectivity index (χ3v) is 4.80. The maximum absolute atomic E-state index is 4.79. The van der Waals surface area contributed by atoms with E-state index in [1.54, 1.807) is 0 Å². The molecule has 2 aromatic rings. The number of nitrogens with zero attached hydrogens (tertiary/aromatic N) is 5. The molecule has 0 unspecified atom stereocenters. The molecular formula is C20H31IN6. The van der Waals surface area contributed by atoms with Crippen LogP contribution in [0.3, 0.4) is 0 Å². The van der Waals surface area contributed by atoms with Crippen LogP contribution in [0.4, 0.5) is 5.82 Å². The van der Waals surface area contributed by atoms with Crippen molar-refractivity contribution in [3.05, 3.63) is 47.9 Å². The summed E-state index contributed by atoms with van der Waals surface area (Å²) in [7, 11) is 4.14. The molecule has 0 atom stereocenters. The fourth-order valence-corrected chi connectivity index (χ4v) is 3.26. The second-order valence-corrected chi connectivity index (χ2v) is 6.86. The minimum absolute atomic E-state index is 0. The van der Waals surface area contributed by atoms with Gasteiger partial charge in [0.15, 0.2) is 5.96 Å². The van der Waals surface area contributed by atoms with E-state index in [9.17, 15) is 0 Å². The molecule has 0 aromatic carbocycles. The van der Waals surface area contributed by atoms with Crippen molar-refractivity contribution in [3.8, 4) is 0 Å². The first-order valence-electron chi connectivity index (χ1n) is 9.47. The number of nitrogens with one attached hydrogen (secondary N) is 1. The topological polar surface area (TPSA) is 48.7 Å². The first-order valence-corrected chi connectivity index (χ1v) is 9.47. The quantitative estimate of drug-likeness (QED) is 0.390. The van der Waals surface area contributed by atoms with Crippen LogP contribution in [0.2, 0.25) is 0 Å². The lowest BCUT2D eigenvalue weighted by atomic mass is 10.3. The molecule has 148 valence electrons. The lowest BCUT2D eigenvalue weighted by molar-refractivity contribution is 0.462. The van der Waals surface area contributed by atoms with Gasteiger partial charge in [-0.2, -0.15) is 0 Å². The molecule has 0 radical (unpaired) electrons. The van der Waals surface area contributed by atoms with Gasteiger partial charge in [0.1, 0.15) is 5.82 Å². The predicted octanol–water partition coefficient (Wildman–Crippen LogP) is 3.24. The normalized spacial score (nSPS) is 14.2. The van der Waals surface area contributed by atoms with Crippen molar-refractivity contribution in [3.63, 3.8) is 0 Å². The summed E-state index contributed by atoms with van der Waals surface area (Å²) in [6, 6.07) is 8.48. The van der Waals surface area contributed by atoms with Crippen molar-refractivity contribution in [2.24, 2.45) is 12.0 Å². The number of rotatable bonds is 6. The molecule has 0 saturated carbocycles. The Bertz CT molecular complexity index is 718. The van der Waals surface area contributed by atoms with E-state index >= 15 is 0 Å². The van der Waals surface area contributed by atoms with Crippen molar-refractivity contribution >= 4 is 35.8 Å². The van der Waals surface area contributed by atoms with Gasteiger partial charge in [-0.05, 0) is 43.5 Å². The van der Waals surface area contributed by atoms with Crippen LogP contribution in [0.1, 0.15) is 31.0 Å². The molecule has 1 N–H and O–H groups in total. The second-order valence-electron chi connectivity index (χ2n) is 6.86. The summed E-state index contributed by atoms with van der Waals surface area (Å²) in [5.41, 5.74) is 2.39. The van der Waals surface area contributed by atoms with Gasteiger partial charge in [0.05, 0.1) is 13.1 Å². The van der Waals surface area contributed by atoms with E-state index in [0.717, 1.165) is 43.5 Å². The molecule has 0 aliphatic carbocycles. The minimum atomic E-state index is 0. The fourth-order valence-electron chi connectivity index (χ4n) is 3.26. The van der Waals surface area contributed by atoms with Crippen LogP contribution in [0.15, 0.2) is 41.7 Å². The molecule has 7 heteroatoms. The highest BCUT2D eigenvalue weighted by atomic mass is 127. The van der Waals surface area contributed by atoms with Gasteiger partial charge in [-0.25, -0.2) is 9.98 Å². The monoisotopic (exact) mass is 482 g/mol. The highest BCUT2D eigenvalue weighted by Gasteiger charge is 2.13. The van der Waals surface area contributed by atoms with Crippen molar-refractivity contribution in [2.75, 3.05) is 31.6 Å². The Labute approximate surface area is 179 Å². The Morgan fingerprint density at radius 2 is 2.04 bits per heavy atom. The van der Waals surface area contributed by atoms with Gasteiger partial charge in [0, 0.05) is 51.8 Å². The molecule has 1 saturated heterocycles. The smallest absolute Gasteiger partial charge is 0.194 e. The Morgan fingerprint density at radius 1 is 1.26 bits per heavy atom. The first-order chi connectivity index (χ1) is 12.7. The van der Waals surface area contributed by atoms with Gasteiger partial charge in [0.25, 0.3) is 0 Å². The van der Waals surface area contributed by atoms with Crippen LogP contribution in [0, 0.1) is 0 Å². The van der Waals surface area contributed by atoms with Crippen LogP contribution in [0.5, 0.6) is 0 Å². The van der Waals surface area contributed by atoms with E-state index in [-0.39, 0.29) is 24.0 Å². The summed E-state index contributed by atoms with van der Waals surface area (Å²) < 4.78 is 2.14. The number of aromatic nitrogens is 2. The van der Waals surface area contributed by atoms with Crippen LogP contribution < -0.4 is 10.2 Å². The average molecular weight is 482 g/mol. The zero-order chi connectivity index (χ0) is 18.4. The molecule has 3 rings (SSSR count). The summed E-state index contributed by atoms with van der Waals surface area (Å²) in [6.45, 7) is 6.65. The molecule has 0 amide bonds. The molecule has 6 nitrogen and oxygen atoms in total. The molecule has 1 aliphatic heterocycles. The second kappa shape index (κ2) is 10.5. The number of hydrogen-bond acceptors (Lipinski definition) is 3. The number of aliphatic imine (C=N–C) groups is 1. The molecule has 3 heterocycles. The standard InChI is InChI=1S/C20H30N6.HI/c1-4-21-20(25(3)16-18-8-7-11-24(18)2)23-15-17-9-10-19(22-14-17)26-12-5-6-13-26;/h7-11,14H,4-6,12-13,15-16H2,1-3H3,(H,21,23);1H. The van der Waals surface area contributed by atoms with E-state index in [0.29, 0.717) is 6.54 Å². The lowest BCUT2D eigenvalue weighted by Crippen LogP contribution is -2.38. The molecule has 0 bridgehead atoms. The Kier molecular flexibility index (Phi) is 8.40. The van der Waals surface area contributed by atoms with Gasteiger partial charge in [0.2, 0.25) is 0 Å². The van der Waals surface area contributed by atoms with Crippen LogP contribution in [-0.2, 0) is 20.1 Å². The zero-order valence-corrected chi connectivity index (χ0v) is 18.9. The van der Waals surface area contributed by atoms with E-state index in [1.807, 2.05) is 6.20 Å². The Hall–Kier alpha value is -1.77. The maximum Gasteiger partial charge on any atom is 0.194 e. The summed E-state index contributed by atoms with van der Waals surface area (Å²) in [5, 5.41) is 3.38. The lowest BCUT2D eigenvalue weighted by Gasteiger charge is -2.22. The predicted molar refractivity (Wildman–Crippen MR) is 123 cm³/mol. The largest absolute Gasteiger partial charge is 0.357 e. The van der Waals surface area contributed by atoms with Crippen LogP contribution >= 0.6 is 24.0 Å². The maximum atomic E-state index is 4.79. The number of aryl methyl sites for hydroxylation is 1. The molecule has 0 spiro atoms. The van der Waals surface area contributed by atoms with Gasteiger partial charge in [-0.1, -0.05) is 6.07 Å². The molecule has 1 fully saturated rings. The Morgan fingerprint density at radius 3 is 2.63 bits per heavy atom. The van der Waals surface area contributed by atoms with Gasteiger partial charge >= 0.3 is 0 Å². The summed E-state index contributed by atoms with van der Waals surface area (Å²) in [4.78, 5) is 13.9. The summed E-state index contributed by atoms with van der Waals surface area (Å²) in [6.07, 6.45) is 6.57. The molecular weight excluding hydrogens is 451 g/mol. The van der Waals surface area contributed by atoms with Gasteiger partial charge < -0.3 is 19.7 Å². The molecule has 27 heavy (non-hydrogen) atoms. The zero-order valence-electron chi connectivity index (χ0n) is 16.6.